The van der Waals surface area contributed by atoms with Gasteiger partial charge in [0, 0.05) is 38.1 Å². The maximum atomic E-state index is 12.8. The Morgan fingerprint density at radius 2 is 1.87 bits per heavy atom. The molecule has 0 saturated carbocycles. The SMILES string of the molecule is Cc1cccc(CNC(=O)[C@@H]2CCCN(C3CCN(Cc4ccncc4)CC3)C2)c1. The fourth-order valence-electron chi connectivity index (χ4n) is 4.90. The van der Waals surface area contributed by atoms with Crippen molar-refractivity contribution in [2.24, 2.45) is 5.92 Å². The van der Waals surface area contributed by atoms with Gasteiger partial charge < -0.3 is 5.32 Å². The fraction of sp³-hybridized carbons (Fsp3) is 0.520. The van der Waals surface area contributed by atoms with Gasteiger partial charge in [-0.1, -0.05) is 29.8 Å². The quantitative estimate of drug-likeness (QED) is 0.799. The molecule has 1 atom stereocenters. The van der Waals surface area contributed by atoms with Gasteiger partial charge in [-0.25, -0.2) is 0 Å². The Hall–Kier alpha value is -2.24. The molecule has 5 nitrogen and oxygen atoms in total. The lowest BCUT2D eigenvalue weighted by atomic mass is 9.93. The van der Waals surface area contributed by atoms with E-state index in [-0.39, 0.29) is 11.8 Å². The van der Waals surface area contributed by atoms with Gasteiger partial charge in [0.15, 0.2) is 0 Å². The van der Waals surface area contributed by atoms with Crippen LogP contribution >= 0.6 is 0 Å². The van der Waals surface area contributed by atoms with E-state index >= 15 is 0 Å². The standard InChI is InChI=1S/C25H34N4O/c1-20-4-2-5-22(16-20)17-27-25(30)23-6-3-13-29(19-23)24-9-14-28(15-10-24)18-21-7-11-26-12-8-21/h2,4-5,7-8,11-12,16,23-24H,3,6,9-10,13-15,17-19H2,1H3,(H,27,30)/t23-/m1/s1. The van der Waals surface area contributed by atoms with E-state index in [1.54, 1.807) is 0 Å². The number of benzene rings is 1. The number of aromatic nitrogens is 1. The van der Waals surface area contributed by atoms with Crippen LogP contribution in [0, 0.1) is 12.8 Å². The Kier molecular flexibility index (Phi) is 7.13. The number of likely N-dealkylation sites (tertiary alicyclic amines) is 2. The van der Waals surface area contributed by atoms with Crippen molar-refractivity contribution in [3.63, 3.8) is 0 Å². The van der Waals surface area contributed by atoms with E-state index in [4.69, 9.17) is 0 Å². The van der Waals surface area contributed by atoms with Gasteiger partial charge in [-0.2, -0.15) is 0 Å². The molecule has 160 valence electrons. The second-order valence-corrected chi connectivity index (χ2v) is 8.90. The highest BCUT2D eigenvalue weighted by Gasteiger charge is 2.31. The van der Waals surface area contributed by atoms with Gasteiger partial charge in [0.25, 0.3) is 0 Å². The Morgan fingerprint density at radius 3 is 2.63 bits per heavy atom. The molecule has 2 aliphatic heterocycles. The first-order chi connectivity index (χ1) is 14.7. The van der Waals surface area contributed by atoms with Crippen molar-refractivity contribution >= 4 is 5.91 Å². The zero-order valence-corrected chi connectivity index (χ0v) is 18.1. The molecule has 2 fully saturated rings. The molecule has 1 N–H and O–H groups in total. The average Bonchev–Trinajstić information content (AvgIpc) is 2.79. The van der Waals surface area contributed by atoms with Gasteiger partial charge >= 0.3 is 0 Å². The average molecular weight is 407 g/mol. The van der Waals surface area contributed by atoms with Gasteiger partial charge in [-0.05, 0) is 75.5 Å². The van der Waals surface area contributed by atoms with Crippen molar-refractivity contribution in [2.75, 3.05) is 26.2 Å². The molecule has 1 aromatic carbocycles. The molecule has 0 spiro atoms. The first-order valence-electron chi connectivity index (χ1n) is 11.4. The topological polar surface area (TPSA) is 48.5 Å². The third kappa shape index (κ3) is 5.67. The van der Waals surface area contributed by atoms with E-state index in [2.05, 4.69) is 63.4 Å². The number of carbonyl (C=O) groups is 1. The minimum Gasteiger partial charge on any atom is -0.352 e. The summed E-state index contributed by atoms with van der Waals surface area (Å²) in [5.41, 5.74) is 3.75. The first kappa shape index (κ1) is 21.0. The van der Waals surface area contributed by atoms with E-state index < -0.39 is 0 Å². The Balaban J connectivity index is 1.23. The molecule has 0 unspecified atom stereocenters. The summed E-state index contributed by atoms with van der Waals surface area (Å²) in [6, 6.07) is 13.2. The largest absolute Gasteiger partial charge is 0.352 e. The van der Waals surface area contributed by atoms with Crippen LogP contribution in [0.25, 0.3) is 0 Å². The normalized spacial score (nSPS) is 21.4. The predicted octanol–water partition coefficient (Wildman–Crippen LogP) is 3.38. The number of rotatable bonds is 6. The molecule has 0 bridgehead atoms. The summed E-state index contributed by atoms with van der Waals surface area (Å²) in [6.07, 6.45) is 8.28. The van der Waals surface area contributed by atoms with Crippen molar-refractivity contribution in [1.29, 1.82) is 0 Å². The number of carbonyl (C=O) groups excluding carboxylic acids is 1. The summed E-state index contributed by atoms with van der Waals surface area (Å²) in [6.45, 7) is 8.04. The van der Waals surface area contributed by atoms with Crippen LogP contribution in [0.15, 0.2) is 48.8 Å². The van der Waals surface area contributed by atoms with E-state index in [1.807, 2.05) is 12.4 Å². The lowest BCUT2D eigenvalue weighted by molar-refractivity contribution is -0.127. The van der Waals surface area contributed by atoms with Crippen molar-refractivity contribution in [2.45, 2.75) is 51.7 Å². The van der Waals surface area contributed by atoms with Crippen LogP contribution in [0.2, 0.25) is 0 Å². The van der Waals surface area contributed by atoms with Crippen molar-refractivity contribution in [1.82, 2.24) is 20.1 Å². The third-order valence-corrected chi connectivity index (χ3v) is 6.60. The van der Waals surface area contributed by atoms with Gasteiger partial charge in [0.2, 0.25) is 5.91 Å². The Morgan fingerprint density at radius 1 is 1.07 bits per heavy atom. The summed E-state index contributed by atoms with van der Waals surface area (Å²) in [5, 5.41) is 3.17. The van der Waals surface area contributed by atoms with Crippen molar-refractivity contribution < 1.29 is 4.79 Å². The summed E-state index contributed by atoms with van der Waals surface area (Å²) in [7, 11) is 0. The van der Waals surface area contributed by atoms with Crippen LogP contribution in [0.3, 0.4) is 0 Å². The second-order valence-electron chi connectivity index (χ2n) is 8.90. The predicted molar refractivity (Wildman–Crippen MR) is 120 cm³/mol. The van der Waals surface area contributed by atoms with E-state index in [9.17, 15) is 4.79 Å². The molecule has 4 rings (SSSR count). The number of pyridine rings is 1. The minimum atomic E-state index is 0.124. The van der Waals surface area contributed by atoms with Gasteiger partial charge in [-0.3, -0.25) is 19.6 Å². The van der Waals surface area contributed by atoms with Crippen molar-refractivity contribution in [3.8, 4) is 0 Å². The smallest absolute Gasteiger partial charge is 0.224 e. The lowest BCUT2D eigenvalue weighted by Gasteiger charge is -2.42. The van der Waals surface area contributed by atoms with E-state index in [0.717, 1.165) is 45.6 Å². The third-order valence-electron chi connectivity index (χ3n) is 6.60. The zero-order chi connectivity index (χ0) is 20.8. The summed E-state index contributed by atoms with van der Waals surface area (Å²) in [4.78, 5) is 22.0. The highest BCUT2D eigenvalue weighted by Crippen LogP contribution is 2.24. The molecule has 2 aromatic rings. The first-order valence-corrected chi connectivity index (χ1v) is 11.4. The Labute approximate surface area is 180 Å². The maximum Gasteiger partial charge on any atom is 0.224 e. The number of nitrogens with one attached hydrogen (secondary N) is 1. The van der Waals surface area contributed by atoms with Gasteiger partial charge in [0.05, 0.1) is 5.92 Å². The van der Waals surface area contributed by atoms with Crippen LogP contribution in [-0.2, 0) is 17.9 Å². The summed E-state index contributed by atoms with van der Waals surface area (Å²) >= 11 is 0. The van der Waals surface area contributed by atoms with Crippen LogP contribution in [0.4, 0.5) is 0 Å². The van der Waals surface area contributed by atoms with Gasteiger partial charge in [-0.15, -0.1) is 0 Å². The molecule has 0 radical (unpaired) electrons. The molecule has 1 aromatic heterocycles. The van der Waals surface area contributed by atoms with Gasteiger partial charge in [0.1, 0.15) is 0 Å². The number of nitrogens with zero attached hydrogens (tertiary/aromatic N) is 3. The molecular weight excluding hydrogens is 372 g/mol. The Bertz CT molecular complexity index is 817. The lowest BCUT2D eigenvalue weighted by Crippen LogP contribution is -2.50. The van der Waals surface area contributed by atoms with Crippen molar-refractivity contribution in [3.05, 3.63) is 65.5 Å². The second kappa shape index (κ2) is 10.2. The van der Waals surface area contributed by atoms with Crippen LogP contribution < -0.4 is 5.32 Å². The van der Waals surface area contributed by atoms with Crippen LogP contribution in [-0.4, -0.2) is 52.9 Å². The van der Waals surface area contributed by atoms with Crippen LogP contribution in [0.5, 0.6) is 0 Å². The molecule has 2 aliphatic rings. The molecule has 2 saturated heterocycles. The zero-order valence-electron chi connectivity index (χ0n) is 18.1. The number of piperidine rings is 2. The summed E-state index contributed by atoms with van der Waals surface area (Å²) < 4.78 is 0. The molecule has 1 amide bonds. The number of aryl methyl sites for hydroxylation is 1. The molecule has 30 heavy (non-hydrogen) atoms. The number of hydrogen-bond donors (Lipinski definition) is 1. The van der Waals surface area contributed by atoms with E-state index in [0.29, 0.717) is 12.6 Å². The summed E-state index contributed by atoms with van der Waals surface area (Å²) in [5.74, 6) is 0.342. The number of amides is 1. The maximum absolute atomic E-state index is 12.8. The fourth-order valence-corrected chi connectivity index (χ4v) is 4.90. The monoisotopic (exact) mass is 406 g/mol. The number of hydrogen-bond acceptors (Lipinski definition) is 4. The molecular formula is C25H34N4O. The molecule has 5 heteroatoms. The minimum absolute atomic E-state index is 0.124. The van der Waals surface area contributed by atoms with E-state index in [1.165, 1.54) is 29.5 Å². The van der Waals surface area contributed by atoms with Crippen LogP contribution in [0.1, 0.15) is 42.4 Å². The molecule has 0 aliphatic carbocycles. The molecule has 3 heterocycles. The highest BCUT2D eigenvalue weighted by atomic mass is 16.1. The highest BCUT2D eigenvalue weighted by molar-refractivity contribution is 5.79.